The molecule has 2 aromatic carbocycles. The molecule has 3 nitrogen and oxygen atoms in total. The molecule has 1 unspecified atom stereocenters. The number of carbonyl (C=O) groups excluding carboxylic acids is 1. The third kappa shape index (κ3) is 4.18. The van der Waals surface area contributed by atoms with Crippen molar-refractivity contribution in [3.05, 3.63) is 71.3 Å². The highest BCUT2D eigenvalue weighted by molar-refractivity contribution is 5.99. The van der Waals surface area contributed by atoms with Crippen molar-refractivity contribution in [2.75, 3.05) is 0 Å². The van der Waals surface area contributed by atoms with Crippen LogP contribution in [0.15, 0.2) is 54.6 Å². The Balaban J connectivity index is 2.25. The number of hydrogen-bond donors (Lipinski definition) is 1. The number of hydrogen-bond acceptors (Lipinski definition) is 2. The fourth-order valence-corrected chi connectivity index (χ4v) is 2.21. The predicted molar refractivity (Wildman–Crippen MR) is 77.2 cm³/mol. The molecule has 0 heterocycles. The van der Waals surface area contributed by atoms with Crippen LogP contribution in [0.25, 0.3) is 0 Å². The van der Waals surface area contributed by atoms with Gasteiger partial charge in [0.15, 0.2) is 5.78 Å². The van der Waals surface area contributed by atoms with Crippen LogP contribution in [0.4, 0.5) is 13.2 Å². The Morgan fingerprint density at radius 3 is 2.22 bits per heavy atom. The van der Waals surface area contributed by atoms with Gasteiger partial charge in [0.2, 0.25) is 0 Å². The Bertz CT molecular complexity index is 709. The van der Waals surface area contributed by atoms with E-state index < -0.39 is 35.8 Å². The summed E-state index contributed by atoms with van der Waals surface area (Å²) in [7, 11) is 0. The van der Waals surface area contributed by atoms with Gasteiger partial charge in [-0.05, 0) is 17.7 Å². The number of alkyl halides is 3. The van der Waals surface area contributed by atoms with Crippen LogP contribution in [-0.4, -0.2) is 16.9 Å². The molecule has 0 aliphatic rings. The van der Waals surface area contributed by atoms with Crippen molar-refractivity contribution in [2.24, 2.45) is 0 Å². The first-order valence-corrected chi connectivity index (χ1v) is 6.77. The predicted octanol–water partition coefficient (Wildman–Crippen LogP) is 4.15. The third-order valence-electron chi connectivity index (χ3n) is 3.40. The average molecular weight is 322 g/mol. The first-order valence-electron chi connectivity index (χ1n) is 6.77. The molecule has 2 aromatic rings. The van der Waals surface area contributed by atoms with Gasteiger partial charge >= 0.3 is 12.1 Å². The zero-order valence-electron chi connectivity index (χ0n) is 11.9. The second-order valence-corrected chi connectivity index (χ2v) is 5.01. The number of ketones is 1. The van der Waals surface area contributed by atoms with E-state index in [-0.39, 0.29) is 5.56 Å². The molecule has 0 aliphatic heterocycles. The third-order valence-corrected chi connectivity index (χ3v) is 3.40. The lowest BCUT2D eigenvalue weighted by Crippen LogP contribution is -2.17. The number of rotatable bonds is 5. The molecule has 0 aromatic heterocycles. The first kappa shape index (κ1) is 16.7. The van der Waals surface area contributed by atoms with E-state index >= 15 is 0 Å². The molecular weight excluding hydrogens is 309 g/mol. The molecule has 0 aliphatic carbocycles. The minimum atomic E-state index is -4.55. The van der Waals surface area contributed by atoms with Gasteiger partial charge < -0.3 is 5.11 Å². The number of halogens is 3. The highest BCUT2D eigenvalue weighted by Crippen LogP contribution is 2.30. The van der Waals surface area contributed by atoms with E-state index in [4.69, 9.17) is 0 Å². The molecular formula is C17H13F3O3. The zero-order chi connectivity index (χ0) is 17.0. The van der Waals surface area contributed by atoms with Gasteiger partial charge in [-0.3, -0.25) is 9.59 Å². The molecule has 1 N–H and O–H groups in total. The summed E-state index contributed by atoms with van der Waals surface area (Å²) in [5.74, 6) is -2.94. The van der Waals surface area contributed by atoms with Crippen LogP contribution in [0, 0.1) is 0 Å². The topological polar surface area (TPSA) is 54.4 Å². The summed E-state index contributed by atoms with van der Waals surface area (Å²) in [6.07, 6.45) is -4.96. The van der Waals surface area contributed by atoms with Gasteiger partial charge in [0.1, 0.15) is 0 Å². The van der Waals surface area contributed by atoms with Crippen molar-refractivity contribution in [1.29, 1.82) is 0 Å². The summed E-state index contributed by atoms with van der Waals surface area (Å²) >= 11 is 0. The smallest absolute Gasteiger partial charge is 0.416 e. The maximum absolute atomic E-state index is 12.7. The number of carbonyl (C=O) groups is 2. The van der Waals surface area contributed by atoms with E-state index in [0.717, 1.165) is 18.2 Å². The van der Waals surface area contributed by atoms with Gasteiger partial charge in [0, 0.05) is 12.0 Å². The van der Waals surface area contributed by atoms with Crippen LogP contribution < -0.4 is 0 Å². The fourth-order valence-electron chi connectivity index (χ4n) is 2.21. The monoisotopic (exact) mass is 322 g/mol. The van der Waals surface area contributed by atoms with Crippen LogP contribution in [0.3, 0.4) is 0 Å². The van der Waals surface area contributed by atoms with Crippen LogP contribution in [-0.2, 0) is 11.0 Å². The fraction of sp³-hybridized carbons (Fsp3) is 0.176. The first-order chi connectivity index (χ1) is 10.8. The normalized spacial score (nSPS) is 12.7. The van der Waals surface area contributed by atoms with E-state index in [1.807, 2.05) is 0 Å². The summed E-state index contributed by atoms with van der Waals surface area (Å²) in [5.41, 5.74) is -0.655. The zero-order valence-corrected chi connectivity index (χ0v) is 11.9. The lowest BCUT2D eigenvalue weighted by atomic mass is 9.91. The quantitative estimate of drug-likeness (QED) is 0.842. The second-order valence-electron chi connectivity index (χ2n) is 5.01. The van der Waals surface area contributed by atoms with E-state index in [1.54, 1.807) is 30.3 Å². The molecule has 6 heteroatoms. The van der Waals surface area contributed by atoms with Crippen LogP contribution in [0.2, 0.25) is 0 Å². The highest BCUT2D eigenvalue weighted by Gasteiger charge is 2.31. The molecule has 0 saturated heterocycles. The summed E-state index contributed by atoms with van der Waals surface area (Å²) in [6, 6.07) is 12.1. The van der Waals surface area contributed by atoms with Crippen molar-refractivity contribution in [3.8, 4) is 0 Å². The van der Waals surface area contributed by atoms with Crippen molar-refractivity contribution in [3.63, 3.8) is 0 Å². The number of carboxylic acids is 1. The maximum Gasteiger partial charge on any atom is 0.416 e. The number of aliphatic carboxylic acids is 1. The second kappa shape index (κ2) is 6.64. The van der Waals surface area contributed by atoms with Gasteiger partial charge in [0.05, 0.1) is 11.5 Å². The van der Waals surface area contributed by atoms with Crippen molar-refractivity contribution < 1.29 is 27.9 Å². The molecule has 0 fully saturated rings. The Hall–Kier alpha value is -2.63. The van der Waals surface area contributed by atoms with Crippen molar-refractivity contribution in [1.82, 2.24) is 0 Å². The largest absolute Gasteiger partial charge is 0.481 e. The molecule has 120 valence electrons. The van der Waals surface area contributed by atoms with Gasteiger partial charge in [-0.25, -0.2) is 0 Å². The minimum Gasteiger partial charge on any atom is -0.481 e. The molecule has 0 amide bonds. The minimum absolute atomic E-state index is 0.151. The standard InChI is InChI=1S/C17H13F3O3/c18-17(19,20)13-8-4-7-12(9-13)15(21)10-14(16(22)23)11-5-2-1-3-6-11/h1-9,14H,10H2,(H,22,23). The molecule has 0 saturated carbocycles. The summed E-state index contributed by atoms with van der Waals surface area (Å²) in [5, 5.41) is 9.27. The number of carboxylic acid groups (broad SMARTS) is 1. The van der Waals surface area contributed by atoms with E-state index in [1.165, 1.54) is 6.07 Å². The van der Waals surface area contributed by atoms with E-state index in [2.05, 4.69) is 0 Å². The lowest BCUT2D eigenvalue weighted by molar-refractivity contribution is -0.139. The Morgan fingerprint density at radius 1 is 1.00 bits per heavy atom. The molecule has 0 bridgehead atoms. The van der Waals surface area contributed by atoms with Crippen LogP contribution in [0.5, 0.6) is 0 Å². The molecule has 23 heavy (non-hydrogen) atoms. The van der Waals surface area contributed by atoms with Gasteiger partial charge in [0.25, 0.3) is 0 Å². The Labute approximate surface area is 130 Å². The number of benzene rings is 2. The van der Waals surface area contributed by atoms with Gasteiger partial charge in [-0.2, -0.15) is 13.2 Å². The molecule has 1 atom stereocenters. The summed E-state index contributed by atoms with van der Waals surface area (Å²) in [6.45, 7) is 0. The molecule has 0 spiro atoms. The van der Waals surface area contributed by atoms with Crippen molar-refractivity contribution >= 4 is 11.8 Å². The van der Waals surface area contributed by atoms with Crippen molar-refractivity contribution in [2.45, 2.75) is 18.5 Å². The van der Waals surface area contributed by atoms with Gasteiger partial charge in [-0.1, -0.05) is 42.5 Å². The lowest BCUT2D eigenvalue weighted by Gasteiger charge is -2.13. The van der Waals surface area contributed by atoms with Gasteiger partial charge in [-0.15, -0.1) is 0 Å². The summed E-state index contributed by atoms with van der Waals surface area (Å²) in [4.78, 5) is 23.5. The SMILES string of the molecule is O=C(CC(C(=O)O)c1ccccc1)c1cccc(C(F)(F)F)c1. The maximum atomic E-state index is 12.7. The average Bonchev–Trinajstić information content (AvgIpc) is 2.52. The molecule has 0 radical (unpaired) electrons. The Morgan fingerprint density at radius 2 is 1.65 bits per heavy atom. The molecule has 2 rings (SSSR count). The van der Waals surface area contributed by atoms with E-state index in [0.29, 0.717) is 5.56 Å². The van der Waals surface area contributed by atoms with Crippen LogP contribution >= 0.6 is 0 Å². The highest BCUT2D eigenvalue weighted by atomic mass is 19.4. The van der Waals surface area contributed by atoms with Crippen LogP contribution in [0.1, 0.15) is 33.8 Å². The number of Topliss-reactive ketones (excluding diaryl/α,β-unsaturated/α-hetero) is 1. The Kier molecular flexibility index (Phi) is 4.83. The van der Waals surface area contributed by atoms with E-state index in [9.17, 15) is 27.9 Å². The summed E-state index contributed by atoms with van der Waals surface area (Å²) < 4.78 is 38.0.